The summed E-state index contributed by atoms with van der Waals surface area (Å²) >= 11 is 0. The maximum atomic E-state index is 12.0. The van der Waals surface area contributed by atoms with E-state index < -0.39 is 0 Å². The molecule has 0 aliphatic carbocycles. The summed E-state index contributed by atoms with van der Waals surface area (Å²) in [4.78, 5) is 12.0. The molecule has 1 N–H and O–H groups in total. The van der Waals surface area contributed by atoms with E-state index in [1.807, 2.05) is 19.9 Å². The first-order valence-electron chi connectivity index (χ1n) is 6.35. The standard InChI is InChI=1S/C13H23NO4/c1-4-5-10(2)14-13(15)11-8-17-9-12(11)18-7-6-16-3/h5,11-12H,4,6-9H2,1-3H3,(H,14,15)/b10-5+. The van der Waals surface area contributed by atoms with E-state index in [9.17, 15) is 4.79 Å². The number of carbonyl (C=O) groups is 1. The second-order valence-corrected chi connectivity index (χ2v) is 4.33. The molecule has 0 bridgehead atoms. The smallest absolute Gasteiger partial charge is 0.232 e. The third-order valence-electron chi connectivity index (χ3n) is 2.82. The highest BCUT2D eigenvalue weighted by Crippen LogP contribution is 2.17. The van der Waals surface area contributed by atoms with Crippen molar-refractivity contribution in [2.24, 2.45) is 5.92 Å². The Kier molecular flexibility index (Phi) is 6.93. The van der Waals surface area contributed by atoms with E-state index in [1.165, 1.54) is 0 Å². The third-order valence-corrected chi connectivity index (χ3v) is 2.82. The molecule has 1 saturated heterocycles. The molecule has 1 rings (SSSR count). The largest absolute Gasteiger partial charge is 0.382 e. The lowest BCUT2D eigenvalue weighted by Crippen LogP contribution is -2.37. The number of methoxy groups -OCH3 is 1. The molecule has 0 aromatic rings. The van der Waals surface area contributed by atoms with Crippen molar-refractivity contribution in [2.75, 3.05) is 33.5 Å². The van der Waals surface area contributed by atoms with Crippen molar-refractivity contribution in [3.05, 3.63) is 11.8 Å². The fourth-order valence-corrected chi connectivity index (χ4v) is 1.87. The zero-order valence-electron chi connectivity index (χ0n) is 11.4. The molecular weight excluding hydrogens is 234 g/mol. The molecule has 1 aliphatic heterocycles. The molecule has 1 amide bonds. The molecule has 1 aliphatic rings. The quantitative estimate of drug-likeness (QED) is 0.694. The van der Waals surface area contributed by atoms with E-state index in [-0.39, 0.29) is 17.9 Å². The molecule has 5 heteroatoms. The Bertz CT molecular complexity index is 291. The lowest BCUT2D eigenvalue weighted by atomic mass is 10.1. The fraction of sp³-hybridized carbons (Fsp3) is 0.769. The Morgan fingerprint density at radius 1 is 1.44 bits per heavy atom. The van der Waals surface area contributed by atoms with Crippen LogP contribution in [0.25, 0.3) is 0 Å². The Hall–Kier alpha value is -0.910. The number of amides is 1. The molecular formula is C13H23NO4. The summed E-state index contributed by atoms with van der Waals surface area (Å²) < 4.78 is 15.8. The van der Waals surface area contributed by atoms with Crippen LogP contribution in [0.1, 0.15) is 20.3 Å². The zero-order chi connectivity index (χ0) is 13.4. The van der Waals surface area contributed by atoms with Crippen molar-refractivity contribution in [1.82, 2.24) is 5.32 Å². The number of hydrogen-bond acceptors (Lipinski definition) is 4. The summed E-state index contributed by atoms with van der Waals surface area (Å²) in [6.45, 7) is 5.82. The van der Waals surface area contributed by atoms with Crippen LogP contribution in [0.5, 0.6) is 0 Å². The third kappa shape index (κ3) is 4.76. The number of rotatable bonds is 7. The minimum absolute atomic E-state index is 0.0304. The summed E-state index contributed by atoms with van der Waals surface area (Å²) in [6, 6.07) is 0. The second kappa shape index (κ2) is 8.24. The van der Waals surface area contributed by atoms with Gasteiger partial charge in [0.15, 0.2) is 0 Å². The SMILES string of the molecule is CC/C=C(\C)NC(=O)C1COCC1OCCOC. The summed E-state index contributed by atoms with van der Waals surface area (Å²) in [5.74, 6) is -0.265. The van der Waals surface area contributed by atoms with Crippen LogP contribution in [-0.2, 0) is 19.0 Å². The van der Waals surface area contributed by atoms with Crippen LogP contribution >= 0.6 is 0 Å². The average Bonchev–Trinajstić information content (AvgIpc) is 2.78. The van der Waals surface area contributed by atoms with Crippen molar-refractivity contribution in [3.63, 3.8) is 0 Å². The summed E-state index contributed by atoms with van der Waals surface area (Å²) in [7, 11) is 1.62. The molecule has 0 aromatic carbocycles. The van der Waals surface area contributed by atoms with E-state index in [0.717, 1.165) is 12.1 Å². The van der Waals surface area contributed by atoms with Gasteiger partial charge in [-0.2, -0.15) is 0 Å². The molecule has 0 spiro atoms. The highest BCUT2D eigenvalue weighted by atomic mass is 16.6. The number of ether oxygens (including phenoxy) is 3. The molecule has 0 radical (unpaired) electrons. The lowest BCUT2D eigenvalue weighted by molar-refractivity contribution is -0.127. The van der Waals surface area contributed by atoms with Gasteiger partial charge in [0.05, 0.1) is 38.4 Å². The molecule has 2 unspecified atom stereocenters. The maximum Gasteiger partial charge on any atom is 0.232 e. The Labute approximate surface area is 108 Å². The Morgan fingerprint density at radius 2 is 2.22 bits per heavy atom. The van der Waals surface area contributed by atoms with Crippen molar-refractivity contribution in [2.45, 2.75) is 26.4 Å². The van der Waals surface area contributed by atoms with Gasteiger partial charge in [-0.05, 0) is 13.3 Å². The first-order valence-corrected chi connectivity index (χ1v) is 6.35. The van der Waals surface area contributed by atoms with E-state index in [0.29, 0.717) is 26.4 Å². The fourth-order valence-electron chi connectivity index (χ4n) is 1.87. The predicted molar refractivity (Wildman–Crippen MR) is 68.1 cm³/mol. The van der Waals surface area contributed by atoms with E-state index in [1.54, 1.807) is 7.11 Å². The molecule has 0 aromatic heterocycles. The maximum absolute atomic E-state index is 12.0. The molecule has 1 heterocycles. The van der Waals surface area contributed by atoms with Crippen LogP contribution in [0.4, 0.5) is 0 Å². The summed E-state index contributed by atoms with van der Waals surface area (Å²) in [5.41, 5.74) is 0.880. The first kappa shape index (κ1) is 15.1. The first-order chi connectivity index (χ1) is 8.69. The highest BCUT2D eigenvalue weighted by Gasteiger charge is 2.34. The van der Waals surface area contributed by atoms with Crippen LogP contribution < -0.4 is 5.32 Å². The van der Waals surface area contributed by atoms with Gasteiger partial charge in [0, 0.05) is 12.8 Å². The Balaban J connectivity index is 2.42. The number of hydrogen-bond donors (Lipinski definition) is 1. The van der Waals surface area contributed by atoms with Gasteiger partial charge in [0.25, 0.3) is 0 Å². The van der Waals surface area contributed by atoms with Gasteiger partial charge in [0.2, 0.25) is 5.91 Å². The molecule has 1 fully saturated rings. The minimum atomic E-state index is -0.234. The summed E-state index contributed by atoms with van der Waals surface area (Å²) in [5, 5.41) is 2.87. The monoisotopic (exact) mass is 257 g/mol. The van der Waals surface area contributed by atoms with Gasteiger partial charge in [-0.15, -0.1) is 0 Å². The molecule has 5 nitrogen and oxygen atoms in total. The van der Waals surface area contributed by atoms with Crippen molar-refractivity contribution in [3.8, 4) is 0 Å². The van der Waals surface area contributed by atoms with Crippen LogP contribution in [-0.4, -0.2) is 45.5 Å². The van der Waals surface area contributed by atoms with Crippen LogP contribution in [0.3, 0.4) is 0 Å². The van der Waals surface area contributed by atoms with Gasteiger partial charge in [-0.1, -0.05) is 13.0 Å². The topological polar surface area (TPSA) is 56.8 Å². The van der Waals surface area contributed by atoms with Crippen LogP contribution in [0.15, 0.2) is 11.8 Å². The Morgan fingerprint density at radius 3 is 2.89 bits per heavy atom. The summed E-state index contributed by atoms with van der Waals surface area (Å²) in [6.07, 6.45) is 2.71. The molecule has 0 saturated carbocycles. The van der Waals surface area contributed by atoms with E-state index in [2.05, 4.69) is 5.32 Å². The van der Waals surface area contributed by atoms with E-state index >= 15 is 0 Å². The molecule has 104 valence electrons. The normalized spacial score (nSPS) is 24.3. The van der Waals surface area contributed by atoms with Gasteiger partial charge in [-0.3, -0.25) is 4.79 Å². The van der Waals surface area contributed by atoms with Crippen LogP contribution in [0.2, 0.25) is 0 Å². The number of allylic oxidation sites excluding steroid dienone is 2. The zero-order valence-corrected chi connectivity index (χ0v) is 11.4. The van der Waals surface area contributed by atoms with Crippen molar-refractivity contribution < 1.29 is 19.0 Å². The minimum Gasteiger partial charge on any atom is -0.382 e. The van der Waals surface area contributed by atoms with Crippen molar-refractivity contribution >= 4 is 5.91 Å². The average molecular weight is 257 g/mol. The highest BCUT2D eigenvalue weighted by molar-refractivity contribution is 5.81. The van der Waals surface area contributed by atoms with Gasteiger partial charge < -0.3 is 19.5 Å². The van der Waals surface area contributed by atoms with Gasteiger partial charge in [-0.25, -0.2) is 0 Å². The molecule has 2 atom stereocenters. The van der Waals surface area contributed by atoms with Crippen molar-refractivity contribution in [1.29, 1.82) is 0 Å². The van der Waals surface area contributed by atoms with Gasteiger partial charge >= 0.3 is 0 Å². The predicted octanol–water partition coefficient (Wildman–Crippen LogP) is 1.09. The van der Waals surface area contributed by atoms with E-state index in [4.69, 9.17) is 14.2 Å². The second-order valence-electron chi connectivity index (χ2n) is 4.33. The molecule has 18 heavy (non-hydrogen) atoms. The number of nitrogens with one attached hydrogen (secondary N) is 1. The number of carbonyl (C=O) groups excluding carboxylic acids is 1. The van der Waals surface area contributed by atoms with Crippen LogP contribution in [0, 0.1) is 5.92 Å². The lowest BCUT2D eigenvalue weighted by Gasteiger charge is -2.18. The van der Waals surface area contributed by atoms with Gasteiger partial charge in [0.1, 0.15) is 0 Å².